The Morgan fingerprint density at radius 1 is 1.33 bits per heavy atom. The highest BCUT2D eigenvalue weighted by atomic mass is 19.3. The Bertz CT molecular complexity index is 415. The predicted molar refractivity (Wildman–Crippen MR) is 67.3 cm³/mol. The Morgan fingerprint density at radius 2 is 2.11 bits per heavy atom. The minimum absolute atomic E-state index is 0.00882. The van der Waals surface area contributed by atoms with Gasteiger partial charge in [0.15, 0.2) is 0 Å². The molecule has 2 nitrogen and oxygen atoms in total. The summed E-state index contributed by atoms with van der Waals surface area (Å²) < 4.78 is 31.2. The molecule has 1 aliphatic rings. The molecule has 100 valence electrons. The molecule has 1 fully saturated rings. The number of halogens is 2. The maximum atomic E-state index is 13.0. The molecule has 4 heteroatoms. The largest absolute Gasteiger partial charge is 0.496 e. The van der Waals surface area contributed by atoms with Crippen LogP contribution in [0.15, 0.2) is 12.1 Å². The topological polar surface area (TPSA) is 21.3 Å². The lowest BCUT2D eigenvalue weighted by Gasteiger charge is -2.27. The first-order chi connectivity index (χ1) is 8.65. The van der Waals surface area contributed by atoms with Gasteiger partial charge in [-0.1, -0.05) is 12.5 Å². The van der Waals surface area contributed by atoms with Crippen molar-refractivity contribution in [2.75, 3.05) is 13.7 Å². The number of aryl methyl sites for hydroxylation is 1. The quantitative estimate of drug-likeness (QED) is 0.888. The third kappa shape index (κ3) is 2.48. The summed E-state index contributed by atoms with van der Waals surface area (Å²) in [6, 6.07) is 3.35. The van der Waals surface area contributed by atoms with E-state index >= 15 is 0 Å². The van der Waals surface area contributed by atoms with E-state index in [-0.39, 0.29) is 11.6 Å². The van der Waals surface area contributed by atoms with Crippen LogP contribution in [0.1, 0.15) is 48.4 Å². The molecule has 0 bridgehead atoms. The first-order valence-electron chi connectivity index (χ1n) is 6.34. The van der Waals surface area contributed by atoms with Crippen molar-refractivity contribution in [2.45, 2.75) is 38.7 Å². The second-order valence-electron chi connectivity index (χ2n) is 4.72. The monoisotopic (exact) mass is 255 g/mol. The van der Waals surface area contributed by atoms with Crippen molar-refractivity contribution in [3.63, 3.8) is 0 Å². The van der Waals surface area contributed by atoms with E-state index in [1.807, 2.05) is 6.92 Å². The lowest BCUT2D eigenvalue weighted by molar-refractivity contribution is 0.146. The van der Waals surface area contributed by atoms with E-state index in [4.69, 9.17) is 4.74 Å². The Morgan fingerprint density at radius 3 is 2.67 bits per heavy atom. The number of ether oxygens (including phenoxy) is 1. The lowest BCUT2D eigenvalue weighted by Crippen LogP contribution is -2.28. The lowest BCUT2D eigenvalue weighted by atomic mass is 9.91. The molecule has 1 unspecified atom stereocenters. The first-order valence-corrected chi connectivity index (χ1v) is 6.34. The van der Waals surface area contributed by atoms with Gasteiger partial charge >= 0.3 is 0 Å². The van der Waals surface area contributed by atoms with E-state index in [0.29, 0.717) is 5.75 Å². The van der Waals surface area contributed by atoms with Crippen LogP contribution in [-0.4, -0.2) is 13.7 Å². The minimum atomic E-state index is -2.50. The van der Waals surface area contributed by atoms with E-state index in [0.717, 1.165) is 36.9 Å². The van der Waals surface area contributed by atoms with Crippen LogP contribution < -0.4 is 10.1 Å². The summed E-state index contributed by atoms with van der Waals surface area (Å²) in [4.78, 5) is 0. The zero-order valence-corrected chi connectivity index (χ0v) is 10.8. The average Bonchev–Trinajstić information content (AvgIpc) is 2.38. The van der Waals surface area contributed by atoms with Crippen LogP contribution in [0.4, 0.5) is 8.78 Å². The van der Waals surface area contributed by atoms with Gasteiger partial charge in [-0.05, 0) is 37.9 Å². The normalized spacial score (nSPS) is 20.2. The van der Waals surface area contributed by atoms with E-state index in [2.05, 4.69) is 5.32 Å². The van der Waals surface area contributed by atoms with Gasteiger partial charge in [-0.2, -0.15) is 0 Å². The molecule has 18 heavy (non-hydrogen) atoms. The van der Waals surface area contributed by atoms with Crippen LogP contribution in [0.25, 0.3) is 0 Å². The third-order valence-corrected chi connectivity index (χ3v) is 3.54. The zero-order valence-electron chi connectivity index (χ0n) is 10.8. The molecule has 0 aliphatic carbocycles. The highest BCUT2D eigenvalue weighted by molar-refractivity contribution is 5.48. The van der Waals surface area contributed by atoms with Gasteiger partial charge in [0.1, 0.15) is 5.75 Å². The summed E-state index contributed by atoms with van der Waals surface area (Å²) in [6.07, 6.45) is 0.748. The number of rotatable bonds is 3. The second kappa shape index (κ2) is 5.65. The highest BCUT2D eigenvalue weighted by Crippen LogP contribution is 2.39. The van der Waals surface area contributed by atoms with Crippen LogP contribution >= 0.6 is 0 Å². The highest BCUT2D eigenvalue weighted by Gasteiger charge is 2.25. The smallest absolute Gasteiger partial charge is 0.267 e. The number of methoxy groups -OCH3 is 1. The average molecular weight is 255 g/mol. The molecular weight excluding hydrogens is 236 g/mol. The molecule has 1 saturated heterocycles. The summed E-state index contributed by atoms with van der Waals surface area (Å²) in [5.74, 6) is 0.351. The Hall–Kier alpha value is -1.16. The van der Waals surface area contributed by atoms with Crippen molar-refractivity contribution in [1.82, 2.24) is 5.32 Å². The summed E-state index contributed by atoms with van der Waals surface area (Å²) in [5.41, 5.74) is 1.90. The number of benzene rings is 1. The van der Waals surface area contributed by atoms with Crippen molar-refractivity contribution < 1.29 is 13.5 Å². The molecule has 0 radical (unpaired) electrons. The van der Waals surface area contributed by atoms with Crippen LogP contribution in [0.2, 0.25) is 0 Å². The van der Waals surface area contributed by atoms with Crippen molar-refractivity contribution in [2.24, 2.45) is 0 Å². The van der Waals surface area contributed by atoms with Crippen LogP contribution in [0.3, 0.4) is 0 Å². The molecule has 0 amide bonds. The summed E-state index contributed by atoms with van der Waals surface area (Å²) >= 11 is 0. The fourth-order valence-electron chi connectivity index (χ4n) is 2.65. The van der Waals surface area contributed by atoms with Gasteiger partial charge in [-0.3, -0.25) is 0 Å². The molecule has 1 aromatic carbocycles. The molecule has 1 atom stereocenters. The van der Waals surface area contributed by atoms with E-state index in [1.165, 1.54) is 13.2 Å². The molecule has 2 rings (SSSR count). The van der Waals surface area contributed by atoms with Gasteiger partial charge in [0.2, 0.25) is 0 Å². The van der Waals surface area contributed by atoms with Gasteiger partial charge in [-0.25, -0.2) is 8.78 Å². The van der Waals surface area contributed by atoms with Gasteiger partial charge < -0.3 is 10.1 Å². The van der Waals surface area contributed by atoms with E-state index < -0.39 is 6.43 Å². The van der Waals surface area contributed by atoms with Crippen LogP contribution in [0, 0.1) is 6.92 Å². The van der Waals surface area contributed by atoms with Crippen molar-refractivity contribution in [3.05, 3.63) is 28.8 Å². The Labute approximate surface area is 106 Å². The fourth-order valence-corrected chi connectivity index (χ4v) is 2.65. The predicted octanol–water partition coefficient (Wildman–Crippen LogP) is 3.76. The van der Waals surface area contributed by atoms with Gasteiger partial charge in [-0.15, -0.1) is 0 Å². The molecule has 0 spiro atoms. The minimum Gasteiger partial charge on any atom is -0.496 e. The molecule has 1 aromatic rings. The van der Waals surface area contributed by atoms with Gasteiger partial charge in [0.25, 0.3) is 6.43 Å². The maximum absolute atomic E-state index is 13.0. The molecule has 1 N–H and O–H groups in total. The van der Waals surface area contributed by atoms with Crippen molar-refractivity contribution >= 4 is 0 Å². The van der Waals surface area contributed by atoms with E-state index in [1.54, 1.807) is 6.07 Å². The number of hydrogen-bond donors (Lipinski definition) is 1. The number of alkyl halides is 2. The molecule has 0 aromatic heterocycles. The molecular formula is C14H19F2NO. The first kappa shape index (κ1) is 13.3. The molecule has 1 aliphatic heterocycles. The van der Waals surface area contributed by atoms with Crippen LogP contribution in [-0.2, 0) is 0 Å². The Balaban J connectivity index is 2.45. The van der Waals surface area contributed by atoms with Crippen molar-refractivity contribution in [1.29, 1.82) is 0 Å². The Kier molecular flexibility index (Phi) is 4.17. The maximum Gasteiger partial charge on any atom is 0.267 e. The standard InChI is InChI=1S/C14H19F2NO/c1-9-6-7-10(14(15)16)13(18-2)12(9)11-5-3-4-8-17-11/h6-7,11,14,17H,3-5,8H2,1-2H3. The summed E-state index contributed by atoms with van der Waals surface area (Å²) in [7, 11) is 1.47. The van der Waals surface area contributed by atoms with Gasteiger partial charge in [0, 0.05) is 11.6 Å². The number of piperidine rings is 1. The SMILES string of the molecule is COc1c(C(F)F)ccc(C)c1C1CCCCN1. The zero-order chi connectivity index (χ0) is 13.1. The second-order valence-corrected chi connectivity index (χ2v) is 4.72. The van der Waals surface area contributed by atoms with Crippen LogP contribution in [0.5, 0.6) is 5.75 Å². The summed E-state index contributed by atoms with van der Waals surface area (Å²) in [6.45, 7) is 2.88. The molecule has 1 heterocycles. The fraction of sp³-hybridized carbons (Fsp3) is 0.571. The number of hydrogen-bond acceptors (Lipinski definition) is 2. The van der Waals surface area contributed by atoms with E-state index in [9.17, 15) is 8.78 Å². The molecule has 0 saturated carbocycles. The summed E-state index contributed by atoms with van der Waals surface area (Å²) in [5, 5.41) is 3.39. The number of nitrogens with one attached hydrogen (secondary N) is 1. The van der Waals surface area contributed by atoms with Gasteiger partial charge in [0.05, 0.1) is 12.7 Å². The van der Waals surface area contributed by atoms with Crippen molar-refractivity contribution in [3.8, 4) is 5.75 Å². The third-order valence-electron chi connectivity index (χ3n) is 3.54.